The molecule has 0 aromatic heterocycles. The van der Waals surface area contributed by atoms with E-state index in [-0.39, 0.29) is 22.5 Å². The number of hydrogen-bond acceptors (Lipinski definition) is 4. The van der Waals surface area contributed by atoms with Gasteiger partial charge in [0.15, 0.2) is 5.78 Å². The van der Waals surface area contributed by atoms with Gasteiger partial charge in [0, 0.05) is 10.8 Å². The van der Waals surface area contributed by atoms with E-state index in [4.69, 9.17) is 9.47 Å². The molecule has 0 amide bonds. The Morgan fingerprint density at radius 2 is 1.88 bits per heavy atom. The van der Waals surface area contributed by atoms with Gasteiger partial charge in [-0.2, -0.15) is 0 Å². The van der Waals surface area contributed by atoms with E-state index >= 15 is 0 Å². The van der Waals surface area contributed by atoms with Gasteiger partial charge in [0.05, 0.1) is 0 Å². The summed E-state index contributed by atoms with van der Waals surface area (Å²) < 4.78 is 12.4. The van der Waals surface area contributed by atoms with E-state index in [9.17, 15) is 9.90 Å². The normalized spacial score (nSPS) is 49.0. The SMILES string of the molecule is CC1C[C@H]2[C@@H]3CCC4=CC(=O)C=C[C@]4(C)[C@H]3CC[C@]2(C)[C@@]1(O)C1(Oc2ccccc2)CO1. The van der Waals surface area contributed by atoms with E-state index in [0.29, 0.717) is 24.4 Å². The maximum atomic E-state index is 12.5. The number of hydrogen-bond donors (Lipinski definition) is 1. The number of ether oxygens (including phenoxy) is 2. The third-order valence-corrected chi connectivity index (χ3v) is 10.2. The van der Waals surface area contributed by atoms with Gasteiger partial charge in [0.25, 0.3) is 5.79 Å². The zero-order valence-electron chi connectivity index (χ0n) is 19.3. The van der Waals surface area contributed by atoms with E-state index in [2.05, 4.69) is 26.8 Å². The van der Waals surface area contributed by atoms with Crippen molar-refractivity contribution in [3.05, 3.63) is 54.1 Å². The second kappa shape index (κ2) is 6.57. The number of benzene rings is 1. The number of ketones is 1. The van der Waals surface area contributed by atoms with Gasteiger partial charge in [-0.25, -0.2) is 0 Å². The number of para-hydroxylation sites is 1. The average molecular weight is 435 g/mol. The number of rotatable bonds is 3. The molecule has 4 aliphatic carbocycles. The molecule has 4 heteroatoms. The first-order chi connectivity index (χ1) is 15.2. The monoisotopic (exact) mass is 434 g/mol. The standard InChI is InChI=1S/C28H34O4/c1-18-15-24-22-10-9-19-16-20(29)11-13-25(19,2)23(22)12-14-26(24,3)28(18,30)27(17-31-27)32-21-7-5-4-6-8-21/h4-8,11,13,16,18,22-24,30H,9-10,12,14-15,17H2,1-3H3/t18?,22-,23+,24+,25+,26+,27?,28-/m1/s1. The number of fused-ring (bicyclic) bond motifs is 5. The Labute approximate surface area is 190 Å². The molecule has 4 fully saturated rings. The van der Waals surface area contributed by atoms with Crippen molar-refractivity contribution in [3.63, 3.8) is 0 Å². The first-order valence-electron chi connectivity index (χ1n) is 12.3. The van der Waals surface area contributed by atoms with Crippen LogP contribution in [0.25, 0.3) is 0 Å². The van der Waals surface area contributed by atoms with Crippen molar-refractivity contribution in [3.8, 4) is 5.75 Å². The van der Waals surface area contributed by atoms with Gasteiger partial charge < -0.3 is 14.6 Å². The smallest absolute Gasteiger partial charge is 0.264 e. The molecule has 5 aliphatic rings. The Morgan fingerprint density at radius 3 is 2.59 bits per heavy atom. The lowest BCUT2D eigenvalue weighted by Crippen LogP contribution is -2.63. The van der Waals surface area contributed by atoms with Crippen LogP contribution in [0.1, 0.15) is 52.9 Å². The molecule has 0 bridgehead atoms. The van der Waals surface area contributed by atoms with E-state index in [1.165, 1.54) is 5.57 Å². The Hall–Kier alpha value is -1.91. The van der Waals surface area contributed by atoms with E-state index in [0.717, 1.165) is 37.9 Å². The molecule has 1 aliphatic heterocycles. The van der Waals surface area contributed by atoms with Crippen LogP contribution < -0.4 is 4.74 Å². The minimum absolute atomic E-state index is 0.0313. The molecular formula is C28H34O4. The first-order valence-corrected chi connectivity index (χ1v) is 12.3. The highest BCUT2D eigenvalue weighted by molar-refractivity contribution is 6.01. The van der Waals surface area contributed by atoms with Crippen molar-refractivity contribution in [2.24, 2.45) is 34.5 Å². The average Bonchev–Trinajstić information content (AvgIpc) is 3.52. The zero-order chi connectivity index (χ0) is 22.4. The molecule has 32 heavy (non-hydrogen) atoms. The van der Waals surface area contributed by atoms with Gasteiger partial charge in [-0.15, -0.1) is 0 Å². The molecule has 0 spiro atoms. The highest BCUT2D eigenvalue weighted by Gasteiger charge is 2.78. The second-order valence-electron chi connectivity index (χ2n) is 11.4. The third kappa shape index (κ3) is 2.48. The molecule has 6 rings (SSSR count). The van der Waals surface area contributed by atoms with Crippen molar-refractivity contribution in [2.75, 3.05) is 6.61 Å². The van der Waals surface area contributed by atoms with Gasteiger partial charge in [-0.3, -0.25) is 4.79 Å². The van der Waals surface area contributed by atoms with Crippen molar-refractivity contribution < 1.29 is 19.4 Å². The molecule has 8 atom stereocenters. The van der Waals surface area contributed by atoms with Crippen LogP contribution >= 0.6 is 0 Å². The van der Waals surface area contributed by atoms with E-state index in [1.54, 1.807) is 6.08 Å². The molecule has 1 aromatic carbocycles. The van der Waals surface area contributed by atoms with Crippen molar-refractivity contribution >= 4 is 5.78 Å². The summed E-state index contributed by atoms with van der Waals surface area (Å²) >= 11 is 0. The lowest BCUT2D eigenvalue weighted by molar-refractivity contribution is -0.221. The minimum Gasteiger partial charge on any atom is -0.457 e. The summed E-state index contributed by atoms with van der Waals surface area (Å²) in [4.78, 5) is 12.0. The Morgan fingerprint density at radius 1 is 1.12 bits per heavy atom. The van der Waals surface area contributed by atoms with Crippen LogP contribution in [0.3, 0.4) is 0 Å². The highest BCUT2D eigenvalue weighted by atomic mass is 16.8. The molecule has 3 saturated carbocycles. The quantitative estimate of drug-likeness (QED) is 0.674. The Kier molecular flexibility index (Phi) is 4.25. The van der Waals surface area contributed by atoms with Gasteiger partial charge in [0.2, 0.25) is 0 Å². The van der Waals surface area contributed by atoms with Crippen LogP contribution in [0.4, 0.5) is 0 Å². The molecule has 1 aromatic rings. The lowest BCUT2D eigenvalue weighted by Gasteiger charge is -2.58. The summed E-state index contributed by atoms with van der Waals surface area (Å²) in [5, 5.41) is 12.5. The van der Waals surface area contributed by atoms with Crippen molar-refractivity contribution in [2.45, 2.75) is 64.3 Å². The van der Waals surface area contributed by atoms with Crippen LogP contribution in [0.2, 0.25) is 0 Å². The fourth-order valence-corrected chi connectivity index (χ4v) is 8.45. The summed E-state index contributed by atoms with van der Waals surface area (Å²) in [7, 11) is 0. The van der Waals surface area contributed by atoms with Crippen LogP contribution in [-0.4, -0.2) is 28.9 Å². The Balaban J connectivity index is 1.35. The molecule has 2 unspecified atom stereocenters. The summed E-state index contributed by atoms with van der Waals surface area (Å²) in [6.07, 6.45) is 10.9. The number of epoxide rings is 1. The molecule has 1 N–H and O–H groups in total. The van der Waals surface area contributed by atoms with Crippen LogP contribution in [-0.2, 0) is 9.53 Å². The topological polar surface area (TPSA) is 59.1 Å². The van der Waals surface area contributed by atoms with Gasteiger partial charge in [0.1, 0.15) is 18.0 Å². The second-order valence-corrected chi connectivity index (χ2v) is 11.4. The van der Waals surface area contributed by atoms with Gasteiger partial charge >= 0.3 is 0 Å². The first kappa shape index (κ1) is 20.7. The maximum Gasteiger partial charge on any atom is 0.264 e. The summed E-state index contributed by atoms with van der Waals surface area (Å²) in [6.45, 7) is 7.25. The minimum atomic E-state index is -1.03. The van der Waals surface area contributed by atoms with Crippen LogP contribution in [0.5, 0.6) is 5.75 Å². The molecule has 4 nitrogen and oxygen atoms in total. The van der Waals surface area contributed by atoms with Crippen LogP contribution in [0.15, 0.2) is 54.1 Å². The summed E-state index contributed by atoms with van der Waals surface area (Å²) in [5.74, 6) is 1.50. The molecule has 170 valence electrons. The maximum absolute atomic E-state index is 12.5. The van der Waals surface area contributed by atoms with Gasteiger partial charge in [-0.1, -0.05) is 50.6 Å². The summed E-state index contributed by atoms with van der Waals surface area (Å²) in [6, 6.07) is 9.77. The predicted molar refractivity (Wildman–Crippen MR) is 122 cm³/mol. The molecule has 1 heterocycles. The number of allylic oxidation sites excluding steroid dienone is 4. The number of carbonyl (C=O) groups excluding carboxylic acids is 1. The molecule has 0 radical (unpaired) electrons. The third-order valence-electron chi connectivity index (χ3n) is 10.2. The Bertz CT molecular complexity index is 1010. The summed E-state index contributed by atoms with van der Waals surface area (Å²) in [5.41, 5.74) is -0.00683. The fraction of sp³-hybridized carbons (Fsp3) is 0.607. The van der Waals surface area contributed by atoms with Crippen molar-refractivity contribution in [1.82, 2.24) is 0 Å². The number of aliphatic hydroxyl groups is 1. The van der Waals surface area contributed by atoms with E-state index < -0.39 is 11.4 Å². The highest BCUT2D eigenvalue weighted by Crippen LogP contribution is 2.71. The number of carbonyl (C=O) groups is 1. The van der Waals surface area contributed by atoms with Crippen LogP contribution in [0, 0.1) is 34.5 Å². The largest absolute Gasteiger partial charge is 0.457 e. The predicted octanol–water partition coefficient (Wildman–Crippen LogP) is 5.08. The lowest BCUT2D eigenvalue weighted by atomic mass is 9.47. The van der Waals surface area contributed by atoms with Gasteiger partial charge in [-0.05, 0) is 80.1 Å². The fourth-order valence-electron chi connectivity index (χ4n) is 8.45. The molecular weight excluding hydrogens is 400 g/mol. The van der Waals surface area contributed by atoms with Crippen molar-refractivity contribution in [1.29, 1.82) is 0 Å². The molecule has 1 saturated heterocycles. The zero-order valence-corrected chi connectivity index (χ0v) is 19.3. The van der Waals surface area contributed by atoms with E-state index in [1.807, 2.05) is 36.4 Å².